The lowest BCUT2D eigenvalue weighted by molar-refractivity contribution is -0.145. The Labute approximate surface area is 232 Å². The van der Waals surface area contributed by atoms with Gasteiger partial charge in [0.05, 0.1) is 5.52 Å². The minimum atomic E-state index is -0.628. The fraction of sp³-hybridized carbons (Fsp3) is 0.515. The van der Waals surface area contributed by atoms with E-state index in [1.54, 1.807) is 0 Å². The van der Waals surface area contributed by atoms with E-state index in [9.17, 15) is 9.90 Å². The van der Waals surface area contributed by atoms with Crippen LogP contribution < -0.4 is 4.74 Å². The highest BCUT2D eigenvalue weighted by molar-refractivity contribution is 5.79. The van der Waals surface area contributed by atoms with Gasteiger partial charge in [-0.15, -0.1) is 0 Å². The topological polar surface area (TPSA) is 65.9 Å². The number of ether oxygens (including phenoxy) is 1. The Morgan fingerprint density at radius 3 is 2.51 bits per heavy atom. The predicted molar refractivity (Wildman–Crippen MR) is 154 cm³/mol. The van der Waals surface area contributed by atoms with Crippen LogP contribution in [0.5, 0.6) is 5.75 Å². The first-order valence-corrected chi connectivity index (χ1v) is 14.9. The minimum Gasteiger partial charge on any atom is -0.490 e. The zero-order valence-corrected chi connectivity index (χ0v) is 22.8. The maximum Gasteiger partial charge on any atom is 0.321 e. The Hall–Kier alpha value is -2.96. The van der Waals surface area contributed by atoms with Gasteiger partial charge in [0.1, 0.15) is 17.9 Å². The average Bonchev–Trinajstić information content (AvgIpc) is 3.38. The second-order valence-electron chi connectivity index (χ2n) is 11.9. The monoisotopic (exact) mass is 527 g/mol. The van der Waals surface area contributed by atoms with Gasteiger partial charge in [0.25, 0.3) is 0 Å². The summed E-state index contributed by atoms with van der Waals surface area (Å²) >= 11 is 0. The van der Waals surface area contributed by atoms with Gasteiger partial charge in [-0.3, -0.25) is 14.7 Å². The number of hydrogen-bond acceptors (Lipinski definition) is 5. The van der Waals surface area contributed by atoms with Crippen LogP contribution in [0.2, 0.25) is 0 Å². The standard InChI is InChI=1S/C33H41N3O3/c37-33(38)32(25-10-5-2-6-11-25)36-22-27(30(23-36)24-8-3-1-4-9-24)21-35-18-15-28(16-19-35)39-29-13-14-31-26(20-29)12-7-17-34-31/h1,3-4,7-9,12-14,17,20,25,27-28,30,32H,2,5-6,10-11,15-16,18-19,21-23H2,(H,37,38). The van der Waals surface area contributed by atoms with Crippen molar-refractivity contribution in [2.75, 3.05) is 32.7 Å². The molecule has 0 spiro atoms. The number of likely N-dealkylation sites (tertiary alicyclic amines) is 2. The van der Waals surface area contributed by atoms with E-state index >= 15 is 0 Å². The minimum absolute atomic E-state index is 0.225. The molecule has 0 radical (unpaired) electrons. The molecular weight excluding hydrogens is 486 g/mol. The molecule has 6 heteroatoms. The number of nitrogens with zero attached hydrogens (tertiary/aromatic N) is 3. The van der Waals surface area contributed by atoms with Gasteiger partial charge in [-0.05, 0) is 67.3 Å². The van der Waals surface area contributed by atoms with Crippen LogP contribution in [-0.2, 0) is 4.79 Å². The number of carboxylic acids is 1. The molecule has 39 heavy (non-hydrogen) atoms. The molecular formula is C33H41N3O3. The number of pyridine rings is 1. The second-order valence-corrected chi connectivity index (χ2v) is 11.9. The number of piperidine rings is 1. The van der Waals surface area contributed by atoms with Crippen LogP contribution in [0.3, 0.4) is 0 Å². The molecule has 2 saturated heterocycles. The molecule has 3 heterocycles. The Morgan fingerprint density at radius 1 is 0.949 bits per heavy atom. The second kappa shape index (κ2) is 12.1. The number of fused-ring (bicyclic) bond motifs is 1. The van der Waals surface area contributed by atoms with Gasteiger partial charge in [0, 0.05) is 50.2 Å². The molecule has 3 aliphatic rings. The van der Waals surface area contributed by atoms with E-state index in [1.807, 2.05) is 24.4 Å². The highest BCUT2D eigenvalue weighted by Crippen LogP contribution is 2.38. The summed E-state index contributed by atoms with van der Waals surface area (Å²) in [5.74, 6) is 1.38. The highest BCUT2D eigenvalue weighted by atomic mass is 16.5. The average molecular weight is 528 g/mol. The lowest BCUT2D eigenvalue weighted by Crippen LogP contribution is -2.46. The summed E-state index contributed by atoms with van der Waals surface area (Å²) in [6, 6.07) is 20.6. The predicted octanol–water partition coefficient (Wildman–Crippen LogP) is 5.83. The SMILES string of the molecule is O=C(O)C(C1CCCCC1)N1CC(CN2CCC(Oc3ccc4ncccc4c3)CC2)C(c2ccccc2)C1. The van der Waals surface area contributed by atoms with E-state index < -0.39 is 5.97 Å². The van der Waals surface area contributed by atoms with Crippen molar-refractivity contribution in [3.8, 4) is 5.75 Å². The third-order valence-electron chi connectivity index (χ3n) is 9.34. The quantitative estimate of drug-likeness (QED) is 0.398. The van der Waals surface area contributed by atoms with E-state index in [4.69, 9.17) is 4.74 Å². The summed E-state index contributed by atoms with van der Waals surface area (Å²) < 4.78 is 6.39. The fourth-order valence-electron chi connectivity index (χ4n) is 7.36. The normalized spacial score (nSPS) is 24.6. The summed E-state index contributed by atoms with van der Waals surface area (Å²) in [7, 11) is 0. The van der Waals surface area contributed by atoms with Crippen molar-refractivity contribution in [2.45, 2.75) is 63.0 Å². The summed E-state index contributed by atoms with van der Waals surface area (Å²) in [5, 5.41) is 11.4. The fourth-order valence-corrected chi connectivity index (χ4v) is 7.36. The first-order chi connectivity index (χ1) is 19.1. The van der Waals surface area contributed by atoms with Crippen LogP contribution in [0, 0.1) is 11.8 Å². The van der Waals surface area contributed by atoms with Gasteiger partial charge in [-0.25, -0.2) is 0 Å². The van der Waals surface area contributed by atoms with E-state index in [-0.39, 0.29) is 18.1 Å². The van der Waals surface area contributed by atoms with Crippen molar-refractivity contribution < 1.29 is 14.6 Å². The number of aromatic nitrogens is 1. The van der Waals surface area contributed by atoms with Gasteiger partial charge < -0.3 is 14.7 Å². The van der Waals surface area contributed by atoms with Gasteiger partial charge >= 0.3 is 5.97 Å². The van der Waals surface area contributed by atoms with Crippen LogP contribution in [-0.4, -0.2) is 70.7 Å². The summed E-state index contributed by atoms with van der Waals surface area (Å²) in [6.07, 6.45) is 9.75. The number of carboxylic acid groups (broad SMARTS) is 1. The first-order valence-electron chi connectivity index (χ1n) is 14.9. The van der Waals surface area contributed by atoms with Crippen LogP contribution in [0.4, 0.5) is 0 Å². The van der Waals surface area contributed by atoms with Crippen LogP contribution in [0.1, 0.15) is 56.4 Å². The van der Waals surface area contributed by atoms with Crippen molar-refractivity contribution in [3.63, 3.8) is 0 Å². The van der Waals surface area contributed by atoms with Gasteiger partial charge in [-0.2, -0.15) is 0 Å². The molecule has 2 aliphatic heterocycles. The van der Waals surface area contributed by atoms with Crippen molar-refractivity contribution in [2.24, 2.45) is 11.8 Å². The molecule has 206 valence electrons. The van der Waals surface area contributed by atoms with Crippen LogP contribution in [0.25, 0.3) is 10.9 Å². The summed E-state index contributed by atoms with van der Waals surface area (Å²) in [4.78, 5) is 21.8. The number of benzene rings is 2. The summed E-state index contributed by atoms with van der Waals surface area (Å²) in [6.45, 7) is 4.76. The van der Waals surface area contributed by atoms with Crippen molar-refractivity contribution in [1.29, 1.82) is 0 Å². The van der Waals surface area contributed by atoms with Crippen molar-refractivity contribution in [3.05, 3.63) is 72.4 Å². The largest absolute Gasteiger partial charge is 0.490 e. The van der Waals surface area contributed by atoms with E-state index in [0.717, 1.165) is 75.1 Å². The lowest BCUT2D eigenvalue weighted by atomic mass is 9.83. The molecule has 2 aromatic carbocycles. The van der Waals surface area contributed by atoms with Crippen molar-refractivity contribution >= 4 is 16.9 Å². The molecule has 3 fully saturated rings. The third kappa shape index (κ3) is 6.12. The smallest absolute Gasteiger partial charge is 0.321 e. The number of rotatable bonds is 8. The molecule has 1 aliphatic carbocycles. The number of aliphatic carboxylic acids is 1. The van der Waals surface area contributed by atoms with Crippen LogP contribution in [0.15, 0.2) is 66.9 Å². The first kappa shape index (κ1) is 26.3. The molecule has 1 aromatic heterocycles. The zero-order valence-electron chi connectivity index (χ0n) is 22.8. The molecule has 3 atom stereocenters. The molecule has 3 aromatic rings. The maximum absolute atomic E-state index is 12.5. The van der Waals surface area contributed by atoms with Gasteiger partial charge in [0.15, 0.2) is 0 Å². The Morgan fingerprint density at radius 2 is 1.74 bits per heavy atom. The third-order valence-corrected chi connectivity index (χ3v) is 9.34. The number of hydrogen-bond donors (Lipinski definition) is 1. The molecule has 6 nitrogen and oxygen atoms in total. The van der Waals surface area contributed by atoms with E-state index in [2.05, 4.69) is 57.2 Å². The highest BCUT2D eigenvalue weighted by Gasteiger charge is 2.43. The molecule has 0 bridgehead atoms. The van der Waals surface area contributed by atoms with Crippen LogP contribution >= 0.6 is 0 Å². The maximum atomic E-state index is 12.5. The molecule has 1 saturated carbocycles. The Bertz CT molecular complexity index is 1240. The van der Waals surface area contributed by atoms with E-state index in [1.165, 1.54) is 24.8 Å². The molecule has 1 N–H and O–H groups in total. The zero-order chi connectivity index (χ0) is 26.6. The molecule has 3 unspecified atom stereocenters. The Kier molecular flexibility index (Phi) is 8.12. The van der Waals surface area contributed by atoms with Crippen molar-refractivity contribution in [1.82, 2.24) is 14.8 Å². The number of carbonyl (C=O) groups is 1. The lowest BCUT2D eigenvalue weighted by Gasteiger charge is -2.35. The van der Waals surface area contributed by atoms with Gasteiger partial charge in [0.2, 0.25) is 0 Å². The van der Waals surface area contributed by atoms with E-state index in [0.29, 0.717) is 11.8 Å². The van der Waals surface area contributed by atoms with Gasteiger partial charge in [-0.1, -0.05) is 55.7 Å². The molecule has 0 amide bonds. The molecule has 6 rings (SSSR count). The summed E-state index contributed by atoms with van der Waals surface area (Å²) in [5.41, 5.74) is 2.34. The Balaban J connectivity index is 1.10.